The molecular weight excluding hydrogens is 226 g/mol. The molecule has 0 saturated carbocycles. The zero-order valence-corrected chi connectivity index (χ0v) is 11.2. The molecule has 0 aliphatic carbocycles. The van der Waals surface area contributed by atoms with Crippen molar-refractivity contribution in [1.82, 2.24) is 14.7 Å². The molecule has 1 saturated heterocycles. The van der Waals surface area contributed by atoms with E-state index in [0.29, 0.717) is 6.04 Å². The molecule has 1 unspecified atom stereocenters. The maximum absolute atomic E-state index is 12.2. The zero-order valence-electron chi connectivity index (χ0n) is 11.2. The first-order chi connectivity index (χ1) is 8.70. The highest BCUT2D eigenvalue weighted by Crippen LogP contribution is 2.19. The van der Waals surface area contributed by atoms with E-state index in [4.69, 9.17) is 0 Å². The van der Waals surface area contributed by atoms with Gasteiger partial charge in [0.2, 0.25) is 5.91 Å². The lowest BCUT2D eigenvalue weighted by Crippen LogP contribution is -2.42. The number of hydrogen-bond acceptors (Lipinski definition) is 2. The molecular formula is C14H21N3O. The number of amides is 1. The van der Waals surface area contributed by atoms with Crippen LogP contribution in [0.2, 0.25) is 0 Å². The zero-order chi connectivity index (χ0) is 13.0. The van der Waals surface area contributed by atoms with Crippen molar-refractivity contribution in [2.45, 2.75) is 38.6 Å². The molecule has 0 N–H and O–H groups in total. The van der Waals surface area contributed by atoms with Gasteiger partial charge in [0.25, 0.3) is 0 Å². The molecule has 0 bridgehead atoms. The Morgan fingerprint density at radius 1 is 1.56 bits per heavy atom. The minimum absolute atomic E-state index is 0.130. The number of likely N-dealkylation sites (tertiary alicyclic amines) is 1. The van der Waals surface area contributed by atoms with Crippen molar-refractivity contribution in [3.63, 3.8) is 0 Å². The Kier molecular flexibility index (Phi) is 4.18. The Balaban J connectivity index is 2.00. The molecule has 1 aromatic heterocycles. The van der Waals surface area contributed by atoms with E-state index < -0.39 is 0 Å². The predicted octanol–water partition coefficient (Wildman–Crippen LogP) is 2.22. The third-order valence-electron chi connectivity index (χ3n) is 3.52. The van der Waals surface area contributed by atoms with E-state index in [2.05, 4.69) is 12.0 Å². The number of aryl methyl sites for hydroxylation is 1. The number of nitrogens with zero attached hydrogens (tertiary/aromatic N) is 3. The van der Waals surface area contributed by atoms with E-state index >= 15 is 0 Å². The molecule has 1 aromatic rings. The van der Waals surface area contributed by atoms with Crippen LogP contribution in [0.1, 0.15) is 38.2 Å². The molecule has 2 rings (SSSR count). The lowest BCUT2D eigenvalue weighted by Gasteiger charge is -2.34. The number of hydrogen-bond donors (Lipinski definition) is 0. The van der Waals surface area contributed by atoms with Crippen molar-refractivity contribution in [3.8, 4) is 0 Å². The van der Waals surface area contributed by atoms with Crippen molar-refractivity contribution in [3.05, 3.63) is 24.0 Å². The maximum Gasteiger partial charge on any atom is 0.246 e. The van der Waals surface area contributed by atoms with Gasteiger partial charge in [-0.05, 0) is 31.8 Å². The van der Waals surface area contributed by atoms with Crippen LogP contribution in [-0.4, -0.2) is 33.2 Å². The molecule has 4 nitrogen and oxygen atoms in total. The molecule has 4 heteroatoms. The minimum Gasteiger partial charge on any atom is -0.336 e. The third-order valence-corrected chi connectivity index (χ3v) is 3.52. The van der Waals surface area contributed by atoms with Crippen molar-refractivity contribution in [2.24, 2.45) is 7.05 Å². The van der Waals surface area contributed by atoms with Gasteiger partial charge < -0.3 is 4.90 Å². The number of rotatable bonds is 3. The Bertz CT molecular complexity index is 436. The molecule has 1 fully saturated rings. The molecule has 1 aliphatic heterocycles. The van der Waals surface area contributed by atoms with Crippen molar-refractivity contribution in [2.75, 3.05) is 6.54 Å². The van der Waals surface area contributed by atoms with E-state index in [0.717, 1.165) is 31.4 Å². The van der Waals surface area contributed by atoms with Gasteiger partial charge in [0.15, 0.2) is 0 Å². The Labute approximate surface area is 108 Å². The second kappa shape index (κ2) is 5.85. The molecule has 2 heterocycles. The van der Waals surface area contributed by atoms with Crippen LogP contribution in [0.25, 0.3) is 6.08 Å². The summed E-state index contributed by atoms with van der Waals surface area (Å²) in [5.41, 5.74) is 0.968. The largest absolute Gasteiger partial charge is 0.336 e. The normalized spacial score (nSPS) is 20.6. The van der Waals surface area contributed by atoms with Gasteiger partial charge in [0.1, 0.15) is 0 Å². The van der Waals surface area contributed by atoms with Crippen LogP contribution < -0.4 is 0 Å². The molecule has 1 atom stereocenters. The SMILES string of the molecule is CCC1CCCCN1C(=O)/C=C/c1cnn(C)c1. The summed E-state index contributed by atoms with van der Waals surface area (Å²) in [4.78, 5) is 14.2. The van der Waals surface area contributed by atoms with Gasteiger partial charge >= 0.3 is 0 Å². The second-order valence-corrected chi connectivity index (χ2v) is 4.87. The predicted molar refractivity (Wildman–Crippen MR) is 71.9 cm³/mol. The summed E-state index contributed by atoms with van der Waals surface area (Å²) in [6.45, 7) is 3.05. The maximum atomic E-state index is 12.2. The van der Waals surface area contributed by atoms with Gasteiger partial charge in [0.05, 0.1) is 6.20 Å². The van der Waals surface area contributed by atoms with E-state index in [1.54, 1.807) is 17.0 Å². The van der Waals surface area contributed by atoms with Gasteiger partial charge in [0, 0.05) is 37.5 Å². The van der Waals surface area contributed by atoms with Gasteiger partial charge in [-0.3, -0.25) is 9.48 Å². The van der Waals surface area contributed by atoms with Crippen LogP contribution in [-0.2, 0) is 11.8 Å². The molecule has 0 radical (unpaired) electrons. The highest BCUT2D eigenvalue weighted by molar-refractivity contribution is 5.92. The first-order valence-electron chi connectivity index (χ1n) is 6.68. The van der Waals surface area contributed by atoms with Gasteiger partial charge in [-0.2, -0.15) is 5.10 Å². The van der Waals surface area contributed by atoms with Gasteiger partial charge in [-0.25, -0.2) is 0 Å². The lowest BCUT2D eigenvalue weighted by atomic mass is 10.00. The Hall–Kier alpha value is -1.58. The summed E-state index contributed by atoms with van der Waals surface area (Å²) in [5.74, 6) is 0.130. The van der Waals surface area contributed by atoms with Gasteiger partial charge in [-0.15, -0.1) is 0 Å². The summed E-state index contributed by atoms with van der Waals surface area (Å²) in [5, 5.41) is 4.08. The molecule has 18 heavy (non-hydrogen) atoms. The Morgan fingerprint density at radius 3 is 3.06 bits per heavy atom. The second-order valence-electron chi connectivity index (χ2n) is 4.87. The smallest absolute Gasteiger partial charge is 0.246 e. The molecule has 98 valence electrons. The molecule has 1 amide bonds. The summed E-state index contributed by atoms with van der Waals surface area (Å²) in [7, 11) is 1.87. The average molecular weight is 247 g/mol. The Morgan fingerprint density at radius 2 is 2.39 bits per heavy atom. The summed E-state index contributed by atoms with van der Waals surface area (Å²) in [6.07, 6.45) is 11.7. The van der Waals surface area contributed by atoms with Crippen LogP contribution in [0.4, 0.5) is 0 Å². The standard InChI is InChI=1S/C14H21N3O/c1-3-13-6-4-5-9-17(13)14(18)8-7-12-10-15-16(2)11-12/h7-8,10-11,13H,3-6,9H2,1-2H3/b8-7+. The average Bonchev–Trinajstić information content (AvgIpc) is 2.81. The quantitative estimate of drug-likeness (QED) is 0.768. The monoisotopic (exact) mass is 247 g/mol. The first kappa shape index (κ1) is 12.9. The highest BCUT2D eigenvalue weighted by atomic mass is 16.2. The fourth-order valence-corrected chi connectivity index (χ4v) is 2.50. The summed E-state index contributed by atoms with van der Waals surface area (Å²) < 4.78 is 1.74. The number of piperidine rings is 1. The summed E-state index contributed by atoms with van der Waals surface area (Å²) in [6, 6.07) is 0.421. The van der Waals surface area contributed by atoms with Crippen LogP contribution >= 0.6 is 0 Å². The van der Waals surface area contributed by atoms with Crippen LogP contribution in [0.5, 0.6) is 0 Å². The van der Waals surface area contributed by atoms with Crippen LogP contribution in [0.15, 0.2) is 18.5 Å². The summed E-state index contributed by atoms with van der Waals surface area (Å²) >= 11 is 0. The molecule has 1 aliphatic rings. The van der Waals surface area contributed by atoms with Crippen molar-refractivity contribution < 1.29 is 4.79 Å². The van der Waals surface area contributed by atoms with Crippen molar-refractivity contribution in [1.29, 1.82) is 0 Å². The topological polar surface area (TPSA) is 38.1 Å². The van der Waals surface area contributed by atoms with Crippen LogP contribution in [0, 0.1) is 0 Å². The van der Waals surface area contributed by atoms with Crippen LogP contribution in [0.3, 0.4) is 0 Å². The molecule has 0 aromatic carbocycles. The van der Waals surface area contributed by atoms with Crippen molar-refractivity contribution >= 4 is 12.0 Å². The fraction of sp³-hybridized carbons (Fsp3) is 0.571. The van der Waals surface area contributed by atoms with E-state index in [1.807, 2.05) is 24.2 Å². The van der Waals surface area contributed by atoms with Gasteiger partial charge in [-0.1, -0.05) is 6.92 Å². The number of carbonyl (C=O) groups excluding carboxylic acids is 1. The van der Waals surface area contributed by atoms with E-state index in [9.17, 15) is 4.79 Å². The third kappa shape index (κ3) is 3.00. The van der Waals surface area contributed by atoms with E-state index in [1.165, 1.54) is 6.42 Å². The minimum atomic E-state index is 0.130. The number of aromatic nitrogens is 2. The number of carbonyl (C=O) groups is 1. The first-order valence-corrected chi connectivity index (χ1v) is 6.68. The van der Waals surface area contributed by atoms with E-state index in [-0.39, 0.29) is 5.91 Å². The lowest BCUT2D eigenvalue weighted by molar-refractivity contribution is -0.129. The molecule has 0 spiro atoms. The highest BCUT2D eigenvalue weighted by Gasteiger charge is 2.23. The fourth-order valence-electron chi connectivity index (χ4n) is 2.50.